The van der Waals surface area contributed by atoms with Crippen LogP contribution in [0.25, 0.3) is 10.9 Å². The smallest absolute Gasteiger partial charge is 0.342 e. The Hall–Kier alpha value is -3.62. The topological polar surface area (TPSA) is 62.6 Å². The minimum Gasteiger partial charge on any atom is -0.342 e. The number of nitrogens with zero attached hydrogens (tertiary/aromatic N) is 3. The van der Waals surface area contributed by atoms with Crippen LogP contribution in [0, 0.1) is 5.92 Å². The highest BCUT2D eigenvalue weighted by Crippen LogP contribution is 2.34. The highest BCUT2D eigenvalue weighted by atomic mass is 19.4. The van der Waals surface area contributed by atoms with E-state index in [2.05, 4.69) is 0 Å². The third kappa shape index (κ3) is 5.33. The summed E-state index contributed by atoms with van der Waals surface area (Å²) in [4.78, 5) is 41.9. The first kappa shape index (κ1) is 27.4. The van der Waals surface area contributed by atoms with Crippen molar-refractivity contribution >= 4 is 28.4 Å². The quantitative estimate of drug-likeness (QED) is 0.429. The van der Waals surface area contributed by atoms with Gasteiger partial charge in [-0.25, -0.2) is 0 Å². The van der Waals surface area contributed by atoms with Gasteiger partial charge in [-0.15, -0.1) is 0 Å². The summed E-state index contributed by atoms with van der Waals surface area (Å²) < 4.78 is 40.5. The van der Waals surface area contributed by atoms with Gasteiger partial charge in [0.05, 0.1) is 11.1 Å². The summed E-state index contributed by atoms with van der Waals surface area (Å²) in [6.45, 7) is 7.33. The molecule has 1 saturated heterocycles. The zero-order valence-corrected chi connectivity index (χ0v) is 22.0. The summed E-state index contributed by atoms with van der Waals surface area (Å²) in [7, 11) is 1.52. The van der Waals surface area contributed by atoms with Gasteiger partial charge < -0.3 is 14.4 Å². The van der Waals surface area contributed by atoms with E-state index in [1.807, 2.05) is 25.7 Å². The molecule has 1 aliphatic heterocycles. The first-order valence-electron chi connectivity index (χ1n) is 12.8. The molecular formula is C29H32F3N3O3. The summed E-state index contributed by atoms with van der Waals surface area (Å²) in [6, 6.07) is 11.3. The number of halogens is 3. The molecule has 38 heavy (non-hydrogen) atoms. The summed E-state index contributed by atoms with van der Waals surface area (Å²) in [5, 5.41) is 0.798. The molecule has 9 heteroatoms. The number of piperidine rings is 1. The molecule has 0 spiro atoms. The number of alkyl halides is 3. The van der Waals surface area contributed by atoms with Crippen LogP contribution in [0.15, 0.2) is 53.3 Å². The number of aromatic nitrogens is 1. The fourth-order valence-electron chi connectivity index (χ4n) is 5.17. The Balaban J connectivity index is 1.68. The molecule has 2 heterocycles. The maximum Gasteiger partial charge on any atom is 0.416 e. The van der Waals surface area contributed by atoms with E-state index < -0.39 is 11.7 Å². The van der Waals surface area contributed by atoms with Crippen LogP contribution >= 0.6 is 0 Å². The Morgan fingerprint density at radius 2 is 1.66 bits per heavy atom. The Bertz CT molecular complexity index is 1400. The molecular weight excluding hydrogens is 495 g/mol. The molecule has 1 aromatic heterocycles. The van der Waals surface area contributed by atoms with Gasteiger partial charge in [-0.05, 0) is 73.7 Å². The largest absolute Gasteiger partial charge is 0.416 e. The third-order valence-corrected chi connectivity index (χ3v) is 7.33. The van der Waals surface area contributed by atoms with Crippen LogP contribution in [0.2, 0.25) is 0 Å². The minimum atomic E-state index is -4.46. The summed E-state index contributed by atoms with van der Waals surface area (Å²) in [5.41, 5.74) is 1.40. The fourth-order valence-corrected chi connectivity index (χ4v) is 5.17. The number of aryl methyl sites for hydroxylation is 1. The van der Waals surface area contributed by atoms with Gasteiger partial charge in [0.15, 0.2) is 0 Å². The van der Waals surface area contributed by atoms with Gasteiger partial charge in [0, 0.05) is 55.3 Å². The average molecular weight is 528 g/mol. The highest BCUT2D eigenvalue weighted by Gasteiger charge is 2.30. The lowest BCUT2D eigenvalue weighted by molar-refractivity contribution is -0.137. The van der Waals surface area contributed by atoms with Gasteiger partial charge in [-0.3, -0.25) is 14.4 Å². The molecule has 1 fully saturated rings. The van der Waals surface area contributed by atoms with E-state index in [0.29, 0.717) is 43.7 Å². The molecule has 0 unspecified atom stereocenters. The van der Waals surface area contributed by atoms with Crippen molar-refractivity contribution in [2.24, 2.45) is 5.92 Å². The second-order valence-electron chi connectivity index (χ2n) is 10.1. The van der Waals surface area contributed by atoms with Gasteiger partial charge in [0.1, 0.15) is 0 Å². The van der Waals surface area contributed by atoms with E-state index in [9.17, 15) is 27.6 Å². The molecule has 0 N–H and O–H groups in total. The molecule has 2 amide bonds. The Labute approximate surface area is 219 Å². The maximum absolute atomic E-state index is 13.4. The van der Waals surface area contributed by atoms with E-state index in [1.165, 1.54) is 24.1 Å². The maximum atomic E-state index is 13.4. The monoisotopic (exact) mass is 527 g/mol. The first-order chi connectivity index (χ1) is 17.9. The van der Waals surface area contributed by atoms with E-state index >= 15 is 0 Å². The standard InChI is InChI=1S/C29H32F3N3O3/c1-5-35-25-11-6-20(28(38)33(4)22-9-7-21(8-10-22)29(30,31)32)16-24(25)23(17-26(35)36)19-12-14-34(15-13-19)27(37)18(2)3/h6-11,16-19H,5,12-15H2,1-4H3. The van der Waals surface area contributed by atoms with Gasteiger partial charge in [-0.1, -0.05) is 13.8 Å². The molecule has 202 valence electrons. The van der Waals surface area contributed by atoms with Crippen LogP contribution < -0.4 is 10.5 Å². The number of carbonyl (C=O) groups excluding carboxylic acids is 2. The van der Waals surface area contributed by atoms with E-state index in [1.54, 1.807) is 28.8 Å². The van der Waals surface area contributed by atoms with Crippen molar-refractivity contribution in [1.82, 2.24) is 9.47 Å². The van der Waals surface area contributed by atoms with Gasteiger partial charge in [0.2, 0.25) is 5.91 Å². The molecule has 0 atom stereocenters. The van der Waals surface area contributed by atoms with Crippen LogP contribution in [0.4, 0.5) is 18.9 Å². The van der Waals surface area contributed by atoms with Gasteiger partial charge in [-0.2, -0.15) is 13.2 Å². The van der Waals surface area contributed by atoms with Crippen molar-refractivity contribution in [3.8, 4) is 0 Å². The minimum absolute atomic E-state index is 0.0610. The molecule has 0 saturated carbocycles. The number of likely N-dealkylation sites (tertiary alicyclic amines) is 1. The second-order valence-corrected chi connectivity index (χ2v) is 10.1. The normalized spacial score (nSPS) is 14.8. The van der Waals surface area contributed by atoms with Crippen LogP contribution in [0.5, 0.6) is 0 Å². The molecule has 0 radical (unpaired) electrons. The Kier molecular flexibility index (Phi) is 7.67. The third-order valence-electron chi connectivity index (χ3n) is 7.33. The van der Waals surface area contributed by atoms with E-state index in [4.69, 9.17) is 0 Å². The summed E-state index contributed by atoms with van der Waals surface area (Å²) >= 11 is 0. The molecule has 3 aromatic rings. The van der Waals surface area contributed by atoms with Crippen molar-refractivity contribution in [2.45, 2.75) is 52.3 Å². The molecule has 1 aliphatic rings. The number of amides is 2. The number of anilines is 1. The predicted octanol–water partition coefficient (Wildman–Crippen LogP) is 5.68. The lowest BCUT2D eigenvalue weighted by Crippen LogP contribution is -2.40. The number of pyridine rings is 1. The van der Waals surface area contributed by atoms with Crippen LogP contribution in [-0.4, -0.2) is 41.4 Å². The SMILES string of the molecule is CCn1c(=O)cc(C2CCN(C(=O)C(C)C)CC2)c2cc(C(=O)N(C)c3ccc(C(F)(F)F)cc3)ccc21. The molecule has 6 nitrogen and oxygen atoms in total. The first-order valence-corrected chi connectivity index (χ1v) is 12.8. The second kappa shape index (κ2) is 10.6. The predicted molar refractivity (Wildman–Crippen MR) is 141 cm³/mol. The fraction of sp³-hybridized carbons (Fsp3) is 0.414. The van der Waals surface area contributed by atoms with Crippen molar-refractivity contribution < 1.29 is 22.8 Å². The van der Waals surface area contributed by atoms with Crippen molar-refractivity contribution in [2.75, 3.05) is 25.0 Å². The zero-order valence-electron chi connectivity index (χ0n) is 22.0. The average Bonchev–Trinajstić information content (AvgIpc) is 2.90. The number of hydrogen-bond acceptors (Lipinski definition) is 3. The van der Waals surface area contributed by atoms with E-state index in [-0.39, 0.29) is 29.2 Å². The number of carbonyl (C=O) groups is 2. The van der Waals surface area contributed by atoms with Crippen molar-refractivity contribution in [1.29, 1.82) is 0 Å². The zero-order chi connectivity index (χ0) is 27.8. The molecule has 0 aliphatic carbocycles. The van der Waals surface area contributed by atoms with Crippen LogP contribution in [0.1, 0.15) is 61.0 Å². The van der Waals surface area contributed by atoms with Crippen LogP contribution in [0.3, 0.4) is 0 Å². The Morgan fingerprint density at radius 3 is 2.21 bits per heavy atom. The van der Waals surface area contributed by atoms with Gasteiger partial charge >= 0.3 is 6.18 Å². The van der Waals surface area contributed by atoms with E-state index in [0.717, 1.165) is 28.6 Å². The summed E-state index contributed by atoms with van der Waals surface area (Å²) in [5.74, 6) is -0.264. The highest BCUT2D eigenvalue weighted by molar-refractivity contribution is 6.07. The van der Waals surface area contributed by atoms with Crippen molar-refractivity contribution in [3.63, 3.8) is 0 Å². The lowest BCUT2D eigenvalue weighted by Gasteiger charge is -2.34. The molecule has 2 aromatic carbocycles. The Morgan fingerprint density at radius 1 is 1.03 bits per heavy atom. The number of rotatable bonds is 5. The van der Waals surface area contributed by atoms with Crippen LogP contribution in [-0.2, 0) is 17.5 Å². The van der Waals surface area contributed by atoms with Gasteiger partial charge in [0.25, 0.3) is 11.5 Å². The molecule has 4 rings (SSSR count). The van der Waals surface area contributed by atoms with Crippen molar-refractivity contribution in [3.05, 3.63) is 75.6 Å². The lowest BCUT2D eigenvalue weighted by atomic mass is 9.86. The number of benzene rings is 2. The number of hydrogen-bond donors (Lipinski definition) is 0. The molecule has 0 bridgehead atoms. The number of fused-ring (bicyclic) bond motifs is 1. The summed E-state index contributed by atoms with van der Waals surface area (Å²) in [6.07, 6.45) is -3.03.